The topological polar surface area (TPSA) is 81.2 Å². The van der Waals surface area contributed by atoms with Crippen LogP contribution >= 0.6 is 0 Å². The van der Waals surface area contributed by atoms with Gasteiger partial charge >= 0.3 is 0 Å². The fourth-order valence-corrected chi connectivity index (χ4v) is 7.61. The number of anilines is 2. The van der Waals surface area contributed by atoms with Crippen molar-refractivity contribution >= 4 is 33.0 Å². The van der Waals surface area contributed by atoms with E-state index >= 15 is 0 Å². The second kappa shape index (κ2) is 11.5. The van der Waals surface area contributed by atoms with Crippen LogP contribution in [0.25, 0.3) is 0 Å². The summed E-state index contributed by atoms with van der Waals surface area (Å²) in [4.78, 5) is 35.3. The smallest absolute Gasteiger partial charge is 0.250 e. The van der Waals surface area contributed by atoms with Gasteiger partial charge in [0.2, 0.25) is 11.8 Å². The number of fused-ring (bicyclic) bond motifs is 1. The molecule has 8 nitrogen and oxygen atoms in total. The monoisotopic (exact) mass is 586 g/mol. The molecule has 0 atom stereocenters. The summed E-state index contributed by atoms with van der Waals surface area (Å²) in [7, 11) is -3.14. The van der Waals surface area contributed by atoms with Crippen LogP contribution in [0.1, 0.15) is 36.0 Å². The average Bonchev–Trinajstić information content (AvgIpc) is 3.42. The highest BCUT2D eigenvalue weighted by Crippen LogP contribution is 2.40. The highest BCUT2D eigenvalue weighted by atomic mass is 32.2. The number of sulfone groups is 1. The first-order valence-corrected chi connectivity index (χ1v) is 16.8. The molecule has 0 unspecified atom stereocenters. The normalized spacial score (nSPS) is 18.7. The highest BCUT2D eigenvalue weighted by Gasteiger charge is 2.53. The summed E-state index contributed by atoms with van der Waals surface area (Å²) in [5.41, 5.74) is 4.26. The van der Waals surface area contributed by atoms with Crippen molar-refractivity contribution in [3.05, 3.63) is 95.6 Å². The maximum absolute atomic E-state index is 14.2. The van der Waals surface area contributed by atoms with Crippen LogP contribution in [0.3, 0.4) is 0 Å². The molecular weight excluding hydrogens is 548 g/mol. The minimum absolute atomic E-state index is 0.0108. The molecular formula is C33H38N4O4S. The molecule has 0 aliphatic carbocycles. The van der Waals surface area contributed by atoms with Gasteiger partial charge in [-0.05, 0) is 60.7 Å². The lowest BCUT2D eigenvalue weighted by Crippen LogP contribution is -2.56. The minimum atomic E-state index is -3.14. The summed E-state index contributed by atoms with van der Waals surface area (Å²) in [6.45, 7) is 4.16. The van der Waals surface area contributed by atoms with E-state index in [1.165, 1.54) is 6.26 Å². The number of hydrogen-bond acceptors (Lipinski definition) is 6. The Labute approximate surface area is 248 Å². The van der Waals surface area contributed by atoms with Gasteiger partial charge in [0.15, 0.2) is 9.84 Å². The number of piperidine rings is 1. The third kappa shape index (κ3) is 5.80. The van der Waals surface area contributed by atoms with Crippen molar-refractivity contribution < 1.29 is 18.0 Å². The molecule has 0 N–H and O–H groups in total. The third-order valence-electron chi connectivity index (χ3n) is 8.84. The first-order chi connectivity index (χ1) is 20.2. The summed E-state index contributed by atoms with van der Waals surface area (Å²) in [6, 6.07) is 25.7. The fourth-order valence-electron chi connectivity index (χ4n) is 6.82. The second-order valence-electron chi connectivity index (χ2n) is 11.9. The first kappa shape index (κ1) is 28.4. The van der Waals surface area contributed by atoms with Crippen molar-refractivity contribution in [3.63, 3.8) is 0 Å². The number of nitrogens with zero attached hydrogens (tertiary/aromatic N) is 4. The summed E-state index contributed by atoms with van der Waals surface area (Å²) in [6.07, 6.45) is 4.08. The number of rotatable bonds is 9. The molecule has 6 rings (SSSR count). The Morgan fingerprint density at radius 2 is 1.55 bits per heavy atom. The number of carbonyl (C=O) groups excluding carboxylic acids is 2. The standard InChI is InChI=1S/C33H38N4O4S/c1-42(40,41)24-27-10-7-9-26(21-27)23-35-25-37(29-12-3-2-4-13-29)33(32(35)39)15-19-34(20-16-33)17-8-18-36-30-14-6-5-11-28(30)22-31(36)38/h2-7,9-14,21H,8,15-20,22-25H2,1H3. The van der Waals surface area contributed by atoms with Crippen LogP contribution in [0.5, 0.6) is 0 Å². The van der Waals surface area contributed by atoms with E-state index in [-0.39, 0.29) is 17.6 Å². The van der Waals surface area contributed by atoms with Crippen molar-refractivity contribution in [3.8, 4) is 0 Å². The van der Waals surface area contributed by atoms with Gasteiger partial charge in [-0.15, -0.1) is 0 Å². The van der Waals surface area contributed by atoms with Crippen LogP contribution < -0.4 is 9.80 Å². The Balaban J connectivity index is 1.13. The Morgan fingerprint density at radius 3 is 2.31 bits per heavy atom. The van der Waals surface area contributed by atoms with Gasteiger partial charge in [0.05, 0.1) is 18.8 Å². The molecule has 2 fully saturated rings. The molecule has 42 heavy (non-hydrogen) atoms. The number of carbonyl (C=O) groups is 2. The van der Waals surface area contributed by atoms with Crippen molar-refractivity contribution in [1.29, 1.82) is 0 Å². The van der Waals surface area contributed by atoms with Gasteiger partial charge in [0.1, 0.15) is 5.54 Å². The van der Waals surface area contributed by atoms with Gasteiger partial charge < -0.3 is 19.6 Å². The molecule has 220 valence electrons. The zero-order valence-electron chi connectivity index (χ0n) is 24.1. The van der Waals surface area contributed by atoms with Crippen LogP contribution in [0.15, 0.2) is 78.9 Å². The number of likely N-dealkylation sites (tertiary alicyclic amines) is 1. The van der Waals surface area contributed by atoms with Crippen molar-refractivity contribution in [2.24, 2.45) is 0 Å². The maximum Gasteiger partial charge on any atom is 0.250 e. The van der Waals surface area contributed by atoms with E-state index in [4.69, 9.17) is 0 Å². The third-order valence-corrected chi connectivity index (χ3v) is 9.70. The van der Waals surface area contributed by atoms with E-state index in [9.17, 15) is 18.0 Å². The average molecular weight is 587 g/mol. The fraction of sp³-hybridized carbons (Fsp3) is 0.394. The molecule has 0 radical (unpaired) electrons. The molecule has 0 aromatic heterocycles. The van der Waals surface area contributed by atoms with Gasteiger partial charge in [-0.1, -0.05) is 60.7 Å². The van der Waals surface area contributed by atoms with Crippen LogP contribution in [0, 0.1) is 0 Å². The lowest BCUT2D eigenvalue weighted by atomic mass is 9.85. The minimum Gasteiger partial charge on any atom is -0.339 e. The highest BCUT2D eigenvalue weighted by molar-refractivity contribution is 7.89. The molecule has 0 bridgehead atoms. The molecule has 3 heterocycles. The molecule has 9 heteroatoms. The summed E-state index contributed by atoms with van der Waals surface area (Å²) in [5, 5.41) is 0. The molecule has 3 aliphatic rings. The molecule has 3 aliphatic heterocycles. The Hall–Kier alpha value is -3.69. The Bertz CT molecular complexity index is 1570. The van der Waals surface area contributed by atoms with Crippen molar-refractivity contribution in [2.45, 2.75) is 43.5 Å². The summed E-state index contributed by atoms with van der Waals surface area (Å²) in [5.74, 6) is 0.299. The van der Waals surface area contributed by atoms with E-state index in [0.29, 0.717) is 26.2 Å². The largest absolute Gasteiger partial charge is 0.339 e. The predicted molar refractivity (Wildman–Crippen MR) is 165 cm³/mol. The van der Waals surface area contributed by atoms with Crippen LogP contribution in [0.2, 0.25) is 0 Å². The van der Waals surface area contributed by atoms with Gasteiger partial charge in [0.25, 0.3) is 0 Å². The van der Waals surface area contributed by atoms with Crippen LogP contribution in [0.4, 0.5) is 11.4 Å². The van der Waals surface area contributed by atoms with Crippen molar-refractivity contribution in [1.82, 2.24) is 9.80 Å². The number of amides is 2. The molecule has 2 amide bonds. The molecule has 3 aromatic carbocycles. The first-order valence-electron chi connectivity index (χ1n) is 14.7. The van der Waals surface area contributed by atoms with Crippen LogP contribution in [-0.2, 0) is 38.1 Å². The van der Waals surface area contributed by atoms with Gasteiger partial charge in [-0.2, -0.15) is 0 Å². The maximum atomic E-state index is 14.2. The van der Waals surface area contributed by atoms with E-state index in [0.717, 1.165) is 67.0 Å². The number of benzene rings is 3. The summed E-state index contributed by atoms with van der Waals surface area (Å²) >= 11 is 0. The predicted octanol–water partition coefficient (Wildman–Crippen LogP) is 3.85. The van der Waals surface area contributed by atoms with Crippen LogP contribution in [-0.4, -0.2) is 74.7 Å². The SMILES string of the molecule is CS(=O)(=O)Cc1cccc(CN2CN(c3ccccc3)C3(CCN(CCCN4C(=O)Cc5ccccc54)CC3)C2=O)c1. The van der Waals surface area contributed by atoms with E-state index in [1.54, 1.807) is 0 Å². The lowest BCUT2D eigenvalue weighted by Gasteiger charge is -2.43. The van der Waals surface area contributed by atoms with E-state index in [2.05, 4.69) is 21.9 Å². The Morgan fingerprint density at radius 1 is 0.833 bits per heavy atom. The van der Waals surface area contributed by atoms with Gasteiger partial charge in [0, 0.05) is 43.8 Å². The zero-order chi connectivity index (χ0) is 29.3. The van der Waals surface area contributed by atoms with E-state index in [1.807, 2.05) is 76.5 Å². The molecule has 3 aromatic rings. The zero-order valence-corrected chi connectivity index (χ0v) is 24.9. The van der Waals surface area contributed by atoms with Gasteiger partial charge in [-0.3, -0.25) is 9.59 Å². The number of para-hydroxylation sites is 2. The number of hydrogen-bond donors (Lipinski definition) is 0. The Kier molecular flexibility index (Phi) is 7.81. The quantitative estimate of drug-likeness (QED) is 0.379. The molecule has 2 saturated heterocycles. The lowest BCUT2D eigenvalue weighted by molar-refractivity contribution is -0.134. The van der Waals surface area contributed by atoms with Crippen molar-refractivity contribution in [2.75, 3.05) is 48.9 Å². The summed E-state index contributed by atoms with van der Waals surface area (Å²) < 4.78 is 23.7. The van der Waals surface area contributed by atoms with Gasteiger partial charge in [-0.25, -0.2) is 8.42 Å². The van der Waals surface area contributed by atoms with E-state index < -0.39 is 15.4 Å². The molecule has 0 saturated carbocycles. The second-order valence-corrected chi connectivity index (χ2v) is 14.0. The molecule has 1 spiro atoms.